The molecule has 4 nitrogen and oxygen atoms in total. The molecule has 0 aromatic heterocycles. The number of fused-ring (bicyclic) bond motifs is 1. The lowest BCUT2D eigenvalue weighted by Gasteiger charge is -2.23. The van der Waals surface area contributed by atoms with Crippen molar-refractivity contribution in [2.75, 3.05) is 20.3 Å². The summed E-state index contributed by atoms with van der Waals surface area (Å²) in [7, 11) is 1.74. The first-order chi connectivity index (χ1) is 18.2. The lowest BCUT2D eigenvalue weighted by Crippen LogP contribution is -3.00. The fraction of sp³-hybridized carbons (Fsp3) is 0.576. The summed E-state index contributed by atoms with van der Waals surface area (Å²) < 4.78 is 14.7. The van der Waals surface area contributed by atoms with Crippen LogP contribution in [0.2, 0.25) is 0 Å². The van der Waals surface area contributed by atoms with Crippen LogP contribution < -0.4 is 33.5 Å². The highest BCUT2D eigenvalue weighted by Crippen LogP contribution is 2.37. The summed E-state index contributed by atoms with van der Waals surface area (Å²) in [6.07, 6.45) is 15.8. The van der Waals surface area contributed by atoms with Crippen LogP contribution in [0, 0.1) is 11.3 Å². The molecule has 2 aromatic carbocycles. The van der Waals surface area contributed by atoms with Crippen LogP contribution in [0.15, 0.2) is 36.4 Å². The van der Waals surface area contributed by atoms with Crippen LogP contribution in [0.1, 0.15) is 113 Å². The van der Waals surface area contributed by atoms with Crippen molar-refractivity contribution in [1.82, 2.24) is 0 Å². The number of methoxy groups -OCH3 is 1. The van der Waals surface area contributed by atoms with Crippen LogP contribution in [0.3, 0.4) is 0 Å². The molecule has 0 N–H and O–H groups in total. The third-order valence-corrected chi connectivity index (χ3v) is 7.53. The number of hydrogen-bond donors (Lipinski definition) is 0. The molecule has 0 bridgehead atoms. The molecule has 38 heavy (non-hydrogen) atoms. The van der Waals surface area contributed by atoms with Crippen molar-refractivity contribution in [3.8, 4) is 17.6 Å². The highest BCUT2D eigenvalue weighted by molar-refractivity contribution is 5.99. The minimum absolute atomic E-state index is 0. The number of halogens is 1. The SMILES string of the molecule is CCCCCCCCOc1c(OC)ccc2c1CC[N+](Cc1ccccc1C#N)=C2CCCCCCC.[I-]. The van der Waals surface area contributed by atoms with Gasteiger partial charge >= 0.3 is 0 Å². The summed E-state index contributed by atoms with van der Waals surface area (Å²) >= 11 is 0. The smallest absolute Gasteiger partial charge is 0.184 e. The second kappa shape index (κ2) is 18.3. The first-order valence-corrected chi connectivity index (χ1v) is 14.6. The summed E-state index contributed by atoms with van der Waals surface area (Å²) in [5, 5.41) is 9.65. The van der Waals surface area contributed by atoms with Crippen LogP contribution in [0.4, 0.5) is 0 Å². The molecule has 2 aromatic rings. The Balaban J connectivity index is 0.00000507. The van der Waals surface area contributed by atoms with Crippen LogP contribution in [0.5, 0.6) is 11.5 Å². The molecular formula is C33H47IN2O2. The second-order valence-electron chi connectivity index (χ2n) is 10.3. The monoisotopic (exact) mass is 630 g/mol. The molecule has 1 heterocycles. The summed E-state index contributed by atoms with van der Waals surface area (Å²) in [6.45, 7) is 6.96. The van der Waals surface area contributed by atoms with E-state index >= 15 is 0 Å². The van der Waals surface area contributed by atoms with Crippen molar-refractivity contribution in [2.24, 2.45) is 0 Å². The maximum absolute atomic E-state index is 9.65. The number of benzene rings is 2. The van der Waals surface area contributed by atoms with E-state index in [0.717, 1.165) is 61.6 Å². The van der Waals surface area contributed by atoms with E-state index < -0.39 is 0 Å². The second-order valence-corrected chi connectivity index (χ2v) is 10.3. The average molecular weight is 631 g/mol. The van der Waals surface area contributed by atoms with E-state index in [1.807, 2.05) is 18.2 Å². The molecule has 1 aliphatic heterocycles. The molecule has 1 aliphatic rings. The zero-order valence-electron chi connectivity index (χ0n) is 23.9. The maximum atomic E-state index is 9.65. The molecule has 0 spiro atoms. The van der Waals surface area contributed by atoms with Gasteiger partial charge in [-0.15, -0.1) is 0 Å². The van der Waals surface area contributed by atoms with Gasteiger partial charge in [0.05, 0.1) is 25.3 Å². The van der Waals surface area contributed by atoms with Gasteiger partial charge in [0.15, 0.2) is 23.8 Å². The fourth-order valence-electron chi connectivity index (χ4n) is 5.39. The van der Waals surface area contributed by atoms with Gasteiger partial charge in [0, 0.05) is 29.5 Å². The fourth-order valence-corrected chi connectivity index (χ4v) is 5.39. The van der Waals surface area contributed by atoms with E-state index in [1.54, 1.807) is 7.11 Å². The molecule has 0 fully saturated rings. The van der Waals surface area contributed by atoms with Crippen molar-refractivity contribution < 1.29 is 38.0 Å². The van der Waals surface area contributed by atoms with E-state index in [1.165, 1.54) is 81.0 Å². The summed E-state index contributed by atoms with van der Waals surface area (Å²) in [4.78, 5) is 0. The molecule has 5 heteroatoms. The van der Waals surface area contributed by atoms with Crippen LogP contribution in [-0.4, -0.2) is 30.5 Å². The Kier molecular flexibility index (Phi) is 15.4. The summed E-state index contributed by atoms with van der Waals surface area (Å²) in [5.74, 6) is 1.78. The molecule has 0 unspecified atom stereocenters. The van der Waals surface area contributed by atoms with Gasteiger partial charge in [-0.1, -0.05) is 89.8 Å². The van der Waals surface area contributed by atoms with Gasteiger partial charge in [0.2, 0.25) is 0 Å². The number of hydrogen-bond acceptors (Lipinski definition) is 3. The van der Waals surface area contributed by atoms with Gasteiger partial charge < -0.3 is 33.5 Å². The van der Waals surface area contributed by atoms with Crippen LogP contribution in [0.25, 0.3) is 0 Å². The Bertz CT molecular complexity index is 1060. The maximum Gasteiger partial charge on any atom is 0.184 e. The first kappa shape index (κ1) is 32.1. The number of unbranched alkanes of at least 4 members (excludes halogenated alkanes) is 9. The predicted octanol–water partition coefficient (Wildman–Crippen LogP) is 5.23. The minimum atomic E-state index is 0. The van der Waals surface area contributed by atoms with Gasteiger partial charge in [-0.05, 0) is 31.0 Å². The highest BCUT2D eigenvalue weighted by Gasteiger charge is 2.30. The van der Waals surface area contributed by atoms with Crippen molar-refractivity contribution in [1.29, 1.82) is 5.26 Å². The van der Waals surface area contributed by atoms with Crippen LogP contribution >= 0.6 is 0 Å². The number of ether oxygens (including phenoxy) is 2. The molecule has 0 saturated heterocycles. The van der Waals surface area contributed by atoms with E-state index in [2.05, 4.69) is 42.7 Å². The minimum Gasteiger partial charge on any atom is -1.00 e. The lowest BCUT2D eigenvalue weighted by molar-refractivity contribution is -0.545. The van der Waals surface area contributed by atoms with Gasteiger partial charge in [0.1, 0.15) is 6.54 Å². The average Bonchev–Trinajstić information content (AvgIpc) is 2.93. The molecular weight excluding hydrogens is 583 g/mol. The Labute approximate surface area is 248 Å². The third kappa shape index (κ3) is 9.29. The summed E-state index contributed by atoms with van der Waals surface area (Å²) in [6, 6.07) is 14.7. The van der Waals surface area contributed by atoms with Crippen molar-refractivity contribution in [3.05, 3.63) is 58.7 Å². The summed E-state index contributed by atoms with van der Waals surface area (Å²) in [5.41, 5.74) is 5.85. The molecule has 0 saturated carbocycles. The quantitative estimate of drug-likeness (QED) is 0.137. The van der Waals surface area contributed by atoms with E-state index in [9.17, 15) is 5.26 Å². The van der Waals surface area contributed by atoms with E-state index in [0.29, 0.717) is 0 Å². The normalized spacial score (nSPS) is 12.5. The molecule has 0 atom stereocenters. The third-order valence-electron chi connectivity index (χ3n) is 7.53. The largest absolute Gasteiger partial charge is 1.00 e. The Morgan fingerprint density at radius 2 is 1.55 bits per heavy atom. The highest BCUT2D eigenvalue weighted by atomic mass is 127. The predicted molar refractivity (Wildman–Crippen MR) is 153 cm³/mol. The van der Waals surface area contributed by atoms with Crippen LogP contribution in [-0.2, 0) is 13.0 Å². The van der Waals surface area contributed by atoms with Gasteiger partial charge in [-0.25, -0.2) is 4.58 Å². The Hall–Kier alpha value is -2.07. The van der Waals surface area contributed by atoms with Gasteiger partial charge in [-0.3, -0.25) is 0 Å². The van der Waals surface area contributed by atoms with Crippen molar-refractivity contribution in [2.45, 2.75) is 104 Å². The van der Waals surface area contributed by atoms with E-state index in [4.69, 9.17) is 9.47 Å². The topological polar surface area (TPSA) is 45.3 Å². The zero-order valence-corrected chi connectivity index (χ0v) is 26.0. The number of nitrogens with zero attached hydrogens (tertiary/aromatic N) is 2. The molecule has 0 aliphatic carbocycles. The zero-order chi connectivity index (χ0) is 26.3. The standard InChI is InChI=1S/C33H47N2O2.HI/c1-4-6-8-10-12-16-24-37-33-30-22-23-35(26-28-18-15-14-17-27(28)25-34)31(19-13-11-9-7-5-2)29(30)20-21-32(33)36-3;/h14-15,17-18,20-21H,4-13,16,19,22-24,26H2,1-3H3;1H/q+1;/p-1. The number of rotatable bonds is 17. The molecule has 3 rings (SSSR count). The van der Waals surface area contributed by atoms with E-state index in [-0.39, 0.29) is 24.0 Å². The van der Waals surface area contributed by atoms with Crippen molar-refractivity contribution in [3.63, 3.8) is 0 Å². The Morgan fingerprint density at radius 3 is 2.26 bits per heavy atom. The molecule has 0 amide bonds. The molecule has 0 radical (unpaired) electrons. The first-order valence-electron chi connectivity index (χ1n) is 14.6. The molecule has 208 valence electrons. The van der Waals surface area contributed by atoms with Gasteiger partial charge in [0.25, 0.3) is 0 Å². The Morgan fingerprint density at radius 1 is 0.868 bits per heavy atom. The van der Waals surface area contributed by atoms with Gasteiger partial charge in [-0.2, -0.15) is 5.26 Å². The van der Waals surface area contributed by atoms with Crippen molar-refractivity contribution >= 4 is 5.71 Å². The lowest BCUT2D eigenvalue weighted by atomic mass is 9.91. The number of nitriles is 1.